The van der Waals surface area contributed by atoms with E-state index in [-0.39, 0.29) is 18.0 Å². The zero-order valence-corrected chi connectivity index (χ0v) is 15.9. The van der Waals surface area contributed by atoms with Crippen LogP contribution in [0.1, 0.15) is 11.1 Å². The molecule has 2 atom stereocenters. The van der Waals surface area contributed by atoms with Crippen molar-refractivity contribution in [2.75, 3.05) is 18.1 Å². The lowest BCUT2D eigenvalue weighted by Gasteiger charge is -2.27. The first kappa shape index (κ1) is 23.1. The number of alkyl halides is 6. The number of nitrogens with zero attached hydrogens (tertiary/aromatic N) is 3. The average Bonchev–Trinajstić information content (AvgIpc) is 3.16. The summed E-state index contributed by atoms with van der Waals surface area (Å²) >= 11 is 0. The summed E-state index contributed by atoms with van der Waals surface area (Å²) in [6.07, 6.45) is -13.5. The monoisotopic (exact) mass is 461 g/mol. The summed E-state index contributed by atoms with van der Waals surface area (Å²) in [5.74, 6) is 0.138. The number of halogens is 6. The van der Waals surface area contributed by atoms with Crippen LogP contribution in [0.3, 0.4) is 0 Å². The summed E-state index contributed by atoms with van der Waals surface area (Å²) in [6.45, 7) is -0.830. The minimum atomic E-state index is -4.94. The Morgan fingerprint density at radius 1 is 1.16 bits per heavy atom. The third-order valence-corrected chi connectivity index (χ3v) is 4.53. The number of nitro groups is 1. The molecule has 1 aliphatic heterocycles. The van der Waals surface area contributed by atoms with Crippen molar-refractivity contribution in [1.29, 1.82) is 5.26 Å². The molecule has 0 aromatic heterocycles. The van der Waals surface area contributed by atoms with Crippen molar-refractivity contribution in [3.8, 4) is 11.8 Å². The smallest absolute Gasteiger partial charge is 0.433 e. The summed E-state index contributed by atoms with van der Waals surface area (Å²) in [5.41, 5.74) is -2.71. The Morgan fingerprint density at radius 3 is 2.34 bits per heavy atom. The van der Waals surface area contributed by atoms with E-state index in [0.717, 1.165) is 24.3 Å². The first-order chi connectivity index (χ1) is 14.9. The zero-order valence-electron chi connectivity index (χ0n) is 15.9. The van der Waals surface area contributed by atoms with Crippen molar-refractivity contribution in [3.05, 3.63) is 63.7 Å². The van der Waals surface area contributed by atoms with Gasteiger partial charge in [0.05, 0.1) is 28.7 Å². The zero-order chi connectivity index (χ0) is 23.7. The fraction of sp³-hybridized carbons (Fsp3) is 0.316. The number of benzene rings is 2. The predicted octanol–water partition coefficient (Wildman–Crippen LogP) is 4.66. The summed E-state index contributed by atoms with van der Waals surface area (Å²) in [5, 5.41) is 19.5. The van der Waals surface area contributed by atoms with Crippen molar-refractivity contribution in [3.63, 3.8) is 0 Å². The fourth-order valence-corrected chi connectivity index (χ4v) is 3.10. The quantitative estimate of drug-likeness (QED) is 0.366. The normalized spacial score (nSPS) is 19.0. The van der Waals surface area contributed by atoms with Crippen molar-refractivity contribution < 1.29 is 40.7 Å². The molecule has 0 radical (unpaired) electrons. The van der Waals surface area contributed by atoms with Crippen LogP contribution in [0.15, 0.2) is 42.5 Å². The third-order valence-electron chi connectivity index (χ3n) is 4.53. The summed E-state index contributed by atoms with van der Waals surface area (Å²) in [6, 6.07) is 8.41. The molecule has 0 amide bonds. The Balaban J connectivity index is 1.80. The molecule has 7 nitrogen and oxygen atoms in total. The van der Waals surface area contributed by atoms with Crippen LogP contribution >= 0.6 is 0 Å². The number of rotatable bonds is 5. The number of anilines is 1. The van der Waals surface area contributed by atoms with E-state index in [2.05, 4.69) is 0 Å². The van der Waals surface area contributed by atoms with Crippen molar-refractivity contribution in [1.82, 2.24) is 0 Å². The van der Waals surface area contributed by atoms with Crippen molar-refractivity contribution in [2.24, 2.45) is 0 Å². The molecule has 1 saturated heterocycles. The lowest BCUT2D eigenvalue weighted by Crippen LogP contribution is -2.42. The van der Waals surface area contributed by atoms with Gasteiger partial charge in [-0.1, -0.05) is 0 Å². The second-order valence-corrected chi connectivity index (χ2v) is 6.71. The van der Waals surface area contributed by atoms with E-state index in [1.54, 1.807) is 0 Å². The van der Waals surface area contributed by atoms with Crippen LogP contribution in [-0.4, -0.2) is 36.6 Å². The Hall–Kier alpha value is -3.53. The Kier molecular flexibility index (Phi) is 6.18. The molecule has 1 fully saturated rings. The maximum Gasteiger partial charge on any atom is 0.433 e. The molecule has 2 aromatic rings. The lowest BCUT2D eigenvalue weighted by atomic mass is 10.1. The molecule has 0 saturated carbocycles. The maximum atomic E-state index is 13.5. The molecule has 2 aromatic carbocycles. The highest BCUT2D eigenvalue weighted by atomic mass is 19.4. The van der Waals surface area contributed by atoms with E-state index in [4.69, 9.17) is 14.7 Å². The van der Waals surface area contributed by atoms with Gasteiger partial charge in [0, 0.05) is 17.8 Å². The van der Waals surface area contributed by atoms with Gasteiger partial charge in [-0.3, -0.25) is 10.1 Å². The highest BCUT2D eigenvalue weighted by Gasteiger charge is 2.51. The van der Waals surface area contributed by atoms with E-state index in [0.29, 0.717) is 11.0 Å². The molecule has 32 heavy (non-hydrogen) atoms. The van der Waals surface area contributed by atoms with Gasteiger partial charge in [-0.05, 0) is 30.3 Å². The van der Waals surface area contributed by atoms with E-state index >= 15 is 0 Å². The number of ether oxygens (including phenoxy) is 2. The third kappa shape index (κ3) is 5.02. The summed E-state index contributed by atoms with van der Waals surface area (Å²) < 4.78 is 90.4. The van der Waals surface area contributed by atoms with Gasteiger partial charge in [0.15, 0.2) is 0 Å². The summed E-state index contributed by atoms with van der Waals surface area (Å²) in [7, 11) is 0. The topological polar surface area (TPSA) is 88.6 Å². The van der Waals surface area contributed by atoms with Gasteiger partial charge in [-0.15, -0.1) is 0 Å². The molecule has 13 heteroatoms. The van der Waals surface area contributed by atoms with E-state index in [9.17, 15) is 36.5 Å². The molecular formula is C19H13F6N3O4. The highest BCUT2D eigenvalue weighted by molar-refractivity contribution is 5.56. The molecule has 170 valence electrons. The predicted molar refractivity (Wildman–Crippen MR) is 96.8 cm³/mol. The minimum absolute atomic E-state index is 0.138. The largest absolute Gasteiger partial charge is 0.491 e. The van der Waals surface area contributed by atoms with Gasteiger partial charge in [-0.2, -0.15) is 31.6 Å². The van der Waals surface area contributed by atoms with Crippen LogP contribution in [-0.2, 0) is 10.9 Å². The minimum Gasteiger partial charge on any atom is -0.491 e. The SMILES string of the molecule is N#Cc1ccc(N2C[C@@H](COc3ccc([N+](=O)[O-])cc3)O[C@H]2C(F)(F)F)cc1C(F)(F)F. The number of nitriles is 1. The van der Waals surface area contributed by atoms with Crippen LogP contribution in [0, 0.1) is 21.4 Å². The first-order valence-electron chi connectivity index (χ1n) is 8.87. The number of non-ortho nitro benzene ring substituents is 1. The Labute approximate surface area is 176 Å². The van der Waals surface area contributed by atoms with Crippen LogP contribution in [0.5, 0.6) is 5.75 Å². The maximum absolute atomic E-state index is 13.5. The van der Waals surface area contributed by atoms with E-state index < -0.39 is 53.0 Å². The Morgan fingerprint density at radius 2 is 1.81 bits per heavy atom. The second kappa shape index (κ2) is 8.54. The number of hydrogen-bond donors (Lipinski definition) is 0. The Bertz CT molecular complexity index is 1030. The van der Waals surface area contributed by atoms with E-state index in [1.807, 2.05) is 0 Å². The van der Waals surface area contributed by atoms with Crippen LogP contribution in [0.25, 0.3) is 0 Å². The lowest BCUT2D eigenvalue weighted by molar-refractivity contribution is -0.384. The van der Waals surface area contributed by atoms with Gasteiger partial charge < -0.3 is 14.4 Å². The van der Waals surface area contributed by atoms with Crippen LogP contribution in [0.4, 0.5) is 37.7 Å². The van der Waals surface area contributed by atoms with Crippen molar-refractivity contribution in [2.45, 2.75) is 24.7 Å². The van der Waals surface area contributed by atoms with Gasteiger partial charge in [-0.25, -0.2) is 0 Å². The fourth-order valence-electron chi connectivity index (χ4n) is 3.10. The molecule has 0 N–H and O–H groups in total. The van der Waals surface area contributed by atoms with E-state index in [1.165, 1.54) is 18.2 Å². The number of nitro benzene ring substituents is 1. The average molecular weight is 461 g/mol. The van der Waals surface area contributed by atoms with Gasteiger partial charge in [0.1, 0.15) is 18.5 Å². The van der Waals surface area contributed by atoms with Crippen LogP contribution in [0.2, 0.25) is 0 Å². The van der Waals surface area contributed by atoms with Gasteiger partial charge >= 0.3 is 12.4 Å². The highest BCUT2D eigenvalue weighted by Crippen LogP contribution is 2.39. The molecule has 3 rings (SSSR count). The molecular weight excluding hydrogens is 448 g/mol. The molecule has 1 aliphatic rings. The number of hydrogen-bond acceptors (Lipinski definition) is 6. The molecule has 0 spiro atoms. The first-order valence-corrected chi connectivity index (χ1v) is 8.87. The van der Waals surface area contributed by atoms with Crippen LogP contribution < -0.4 is 9.64 Å². The standard InChI is InChI=1S/C19H13F6N3O4/c20-18(21,22)16-7-13(2-1-11(16)8-26)27-9-15(32-17(27)19(23,24)25)10-31-14-5-3-12(4-6-14)28(29)30/h1-7,15,17H,9-10H2/t15-,17-/m0/s1. The van der Waals surface area contributed by atoms with Gasteiger partial charge in [0.25, 0.3) is 5.69 Å². The molecule has 1 heterocycles. The summed E-state index contributed by atoms with van der Waals surface area (Å²) in [4.78, 5) is 10.6. The van der Waals surface area contributed by atoms with Gasteiger partial charge in [0.2, 0.25) is 6.23 Å². The molecule has 0 unspecified atom stereocenters. The molecule has 0 aliphatic carbocycles. The molecule has 0 bridgehead atoms. The second-order valence-electron chi connectivity index (χ2n) is 6.71. The van der Waals surface area contributed by atoms with Crippen molar-refractivity contribution >= 4 is 11.4 Å².